The maximum atomic E-state index is 11.4. The van der Waals surface area contributed by atoms with Crippen molar-refractivity contribution in [1.29, 1.82) is 0 Å². The lowest BCUT2D eigenvalue weighted by Crippen LogP contribution is -2.27. The second-order valence-corrected chi connectivity index (χ2v) is 5.66. The van der Waals surface area contributed by atoms with E-state index < -0.39 is 12.0 Å². The van der Waals surface area contributed by atoms with Gasteiger partial charge in [0.05, 0.1) is 0 Å². The Bertz CT molecular complexity index is 569. The van der Waals surface area contributed by atoms with Gasteiger partial charge in [-0.3, -0.25) is 10.1 Å². The first kappa shape index (κ1) is 14.5. The van der Waals surface area contributed by atoms with Crippen LogP contribution in [-0.4, -0.2) is 30.2 Å². The fourth-order valence-corrected chi connectivity index (χ4v) is 2.56. The summed E-state index contributed by atoms with van der Waals surface area (Å²) in [5, 5.41) is 13.3. The van der Waals surface area contributed by atoms with Gasteiger partial charge in [-0.25, -0.2) is 4.98 Å². The van der Waals surface area contributed by atoms with Crippen molar-refractivity contribution in [2.24, 2.45) is 0 Å². The van der Waals surface area contributed by atoms with Crippen LogP contribution in [0.4, 0.5) is 5.13 Å². The lowest BCUT2D eigenvalue weighted by molar-refractivity contribution is -0.139. The van der Waals surface area contributed by atoms with Crippen molar-refractivity contribution in [3.05, 3.63) is 47.0 Å². The molecule has 0 unspecified atom stereocenters. The molecule has 0 amide bonds. The zero-order valence-electron chi connectivity index (χ0n) is 11.4. The highest BCUT2D eigenvalue weighted by Crippen LogP contribution is 2.21. The number of rotatable bonds is 6. The summed E-state index contributed by atoms with van der Waals surface area (Å²) in [6.45, 7) is 0.483. The molecular formula is C14H17N3O2S. The molecule has 0 saturated carbocycles. The maximum Gasteiger partial charge on any atom is 0.325 e. The summed E-state index contributed by atoms with van der Waals surface area (Å²) < 4.78 is 0. The predicted molar refractivity (Wildman–Crippen MR) is 80.1 cm³/mol. The maximum absolute atomic E-state index is 11.4. The monoisotopic (exact) mass is 291 g/mol. The van der Waals surface area contributed by atoms with Crippen molar-refractivity contribution < 1.29 is 9.90 Å². The van der Waals surface area contributed by atoms with E-state index in [-0.39, 0.29) is 0 Å². The first-order valence-corrected chi connectivity index (χ1v) is 7.02. The Morgan fingerprint density at radius 1 is 1.40 bits per heavy atom. The van der Waals surface area contributed by atoms with Gasteiger partial charge in [-0.2, -0.15) is 0 Å². The predicted octanol–water partition coefficient (Wildman–Crippen LogP) is 2.12. The number of aromatic nitrogens is 1. The quantitative estimate of drug-likeness (QED) is 0.853. The number of carbonyl (C=O) groups is 1. The zero-order chi connectivity index (χ0) is 14.5. The van der Waals surface area contributed by atoms with E-state index in [9.17, 15) is 9.90 Å². The Hall–Kier alpha value is -1.92. The van der Waals surface area contributed by atoms with Crippen LogP contribution < -0.4 is 10.2 Å². The molecule has 0 spiro atoms. The van der Waals surface area contributed by atoms with Gasteiger partial charge in [0.25, 0.3) is 0 Å². The molecule has 1 heterocycles. The number of anilines is 1. The van der Waals surface area contributed by atoms with Gasteiger partial charge in [0, 0.05) is 31.7 Å². The molecule has 0 radical (unpaired) electrons. The highest BCUT2D eigenvalue weighted by atomic mass is 32.1. The van der Waals surface area contributed by atoms with Crippen LogP contribution in [0.15, 0.2) is 36.5 Å². The van der Waals surface area contributed by atoms with Gasteiger partial charge in [0.15, 0.2) is 5.13 Å². The number of carboxylic acids is 1. The van der Waals surface area contributed by atoms with Crippen molar-refractivity contribution in [2.75, 3.05) is 19.0 Å². The van der Waals surface area contributed by atoms with Gasteiger partial charge in [-0.05, 0) is 5.56 Å². The Morgan fingerprint density at radius 2 is 2.10 bits per heavy atom. The van der Waals surface area contributed by atoms with Crippen LogP contribution in [-0.2, 0) is 11.3 Å². The van der Waals surface area contributed by atoms with E-state index in [1.165, 1.54) is 0 Å². The fraction of sp³-hybridized carbons (Fsp3) is 0.286. The number of hydrogen-bond donors (Lipinski definition) is 2. The van der Waals surface area contributed by atoms with E-state index >= 15 is 0 Å². The van der Waals surface area contributed by atoms with Crippen LogP contribution in [0.5, 0.6) is 0 Å². The van der Waals surface area contributed by atoms with E-state index in [4.69, 9.17) is 0 Å². The Balaban J connectivity index is 2.04. The molecule has 1 atom stereocenters. The van der Waals surface area contributed by atoms with Gasteiger partial charge in [-0.1, -0.05) is 30.3 Å². The number of aliphatic carboxylic acids is 1. The third-order valence-electron chi connectivity index (χ3n) is 2.78. The highest BCUT2D eigenvalue weighted by Gasteiger charge is 2.19. The average molecular weight is 291 g/mol. The molecule has 2 aromatic rings. The van der Waals surface area contributed by atoms with Crippen molar-refractivity contribution in [3.8, 4) is 0 Å². The molecule has 2 N–H and O–H groups in total. The normalized spacial score (nSPS) is 12.1. The molecule has 20 heavy (non-hydrogen) atoms. The molecule has 0 saturated heterocycles. The molecule has 0 aliphatic rings. The number of benzene rings is 1. The summed E-state index contributed by atoms with van der Waals surface area (Å²) in [5.41, 5.74) is 0.748. The van der Waals surface area contributed by atoms with Gasteiger partial charge < -0.3 is 10.0 Å². The molecule has 0 aliphatic heterocycles. The zero-order valence-corrected chi connectivity index (χ0v) is 12.2. The number of thiazole rings is 1. The number of nitrogens with zero attached hydrogens (tertiary/aromatic N) is 2. The van der Waals surface area contributed by atoms with Crippen LogP contribution in [0.2, 0.25) is 0 Å². The fourth-order valence-electron chi connectivity index (χ4n) is 1.78. The molecule has 5 nitrogen and oxygen atoms in total. The summed E-state index contributed by atoms with van der Waals surface area (Å²) in [7, 11) is 3.86. The largest absolute Gasteiger partial charge is 0.480 e. The van der Waals surface area contributed by atoms with Crippen molar-refractivity contribution in [2.45, 2.75) is 12.6 Å². The summed E-state index contributed by atoms with van der Waals surface area (Å²) in [4.78, 5) is 18.6. The van der Waals surface area contributed by atoms with E-state index in [0.29, 0.717) is 6.54 Å². The lowest BCUT2D eigenvalue weighted by Gasteiger charge is -2.14. The van der Waals surface area contributed by atoms with E-state index in [1.54, 1.807) is 17.5 Å². The third kappa shape index (κ3) is 3.55. The van der Waals surface area contributed by atoms with E-state index in [2.05, 4.69) is 10.3 Å². The Labute approximate surface area is 121 Å². The van der Waals surface area contributed by atoms with Crippen LogP contribution in [0, 0.1) is 0 Å². The number of carboxylic acid groups (broad SMARTS) is 1. The van der Waals surface area contributed by atoms with Crippen molar-refractivity contribution >= 4 is 22.4 Å². The topological polar surface area (TPSA) is 65.5 Å². The van der Waals surface area contributed by atoms with Crippen LogP contribution in [0.1, 0.15) is 16.5 Å². The van der Waals surface area contributed by atoms with Gasteiger partial charge in [0.1, 0.15) is 6.04 Å². The van der Waals surface area contributed by atoms with Gasteiger partial charge in [0.2, 0.25) is 0 Å². The Kier molecular flexibility index (Phi) is 4.70. The average Bonchev–Trinajstić information content (AvgIpc) is 2.89. The summed E-state index contributed by atoms with van der Waals surface area (Å²) in [5.74, 6) is -0.881. The molecule has 6 heteroatoms. The molecule has 1 aromatic carbocycles. The minimum atomic E-state index is -0.881. The minimum absolute atomic E-state index is 0.483. The molecular weight excluding hydrogens is 274 g/mol. The van der Waals surface area contributed by atoms with E-state index in [0.717, 1.165) is 15.6 Å². The van der Waals surface area contributed by atoms with Crippen molar-refractivity contribution in [1.82, 2.24) is 10.3 Å². The van der Waals surface area contributed by atoms with Gasteiger partial charge in [-0.15, -0.1) is 11.3 Å². The molecule has 0 bridgehead atoms. The second kappa shape index (κ2) is 6.49. The third-order valence-corrected chi connectivity index (χ3v) is 3.95. The Morgan fingerprint density at radius 3 is 2.65 bits per heavy atom. The number of hydrogen-bond acceptors (Lipinski definition) is 5. The smallest absolute Gasteiger partial charge is 0.325 e. The molecule has 1 aromatic heterocycles. The van der Waals surface area contributed by atoms with Gasteiger partial charge >= 0.3 is 5.97 Å². The van der Waals surface area contributed by atoms with Crippen LogP contribution in [0.25, 0.3) is 0 Å². The van der Waals surface area contributed by atoms with Crippen LogP contribution >= 0.6 is 11.3 Å². The van der Waals surface area contributed by atoms with Crippen LogP contribution in [0.3, 0.4) is 0 Å². The summed E-state index contributed by atoms with van der Waals surface area (Å²) in [6.07, 6.45) is 1.77. The van der Waals surface area contributed by atoms with E-state index in [1.807, 2.05) is 49.3 Å². The molecule has 2 rings (SSSR count). The summed E-state index contributed by atoms with van der Waals surface area (Å²) >= 11 is 1.55. The lowest BCUT2D eigenvalue weighted by atomic mass is 10.1. The van der Waals surface area contributed by atoms with Crippen molar-refractivity contribution in [3.63, 3.8) is 0 Å². The molecule has 0 fully saturated rings. The standard InChI is InChI=1S/C14H17N3O2S/c1-17(2)14-16-9-11(20-14)8-15-12(13(18)19)10-6-4-3-5-7-10/h3-7,9,12,15H,8H2,1-2H3,(H,18,19)/t12-/m1/s1. The number of nitrogens with one attached hydrogen (secondary N) is 1. The second-order valence-electron chi connectivity index (χ2n) is 4.57. The molecule has 106 valence electrons. The molecule has 0 aliphatic carbocycles. The first-order chi connectivity index (χ1) is 9.58. The first-order valence-electron chi connectivity index (χ1n) is 6.21. The summed E-state index contributed by atoms with van der Waals surface area (Å²) in [6, 6.07) is 8.46. The minimum Gasteiger partial charge on any atom is -0.480 e. The SMILES string of the molecule is CN(C)c1ncc(CN[C@@H](C(=O)O)c2ccccc2)s1. The highest BCUT2D eigenvalue weighted by molar-refractivity contribution is 7.15.